The Morgan fingerprint density at radius 2 is 1.74 bits per heavy atom. The van der Waals surface area contributed by atoms with Gasteiger partial charge in [-0.15, -0.1) is 11.3 Å². The average molecular weight is 359 g/mol. The number of sulfonamides is 1. The normalized spacial score (nSPS) is 16.7. The van der Waals surface area contributed by atoms with Crippen LogP contribution < -0.4 is 4.90 Å². The maximum Gasteiger partial charge on any atom is 0.249 e. The molecule has 2 heterocycles. The Morgan fingerprint density at radius 1 is 1.13 bits per heavy atom. The fourth-order valence-electron chi connectivity index (χ4n) is 2.47. The number of thiazole rings is 1. The minimum absolute atomic E-state index is 0.161. The summed E-state index contributed by atoms with van der Waals surface area (Å²) in [5.41, 5.74) is 0. The lowest BCUT2D eigenvalue weighted by atomic mass is 10.3. The van der Waals surface area contributed by atoms with Gasteiger partial charge in [0, 0.05) is 37.3 Å². The molecule has 3 rings (SSSR count). The van der Waals surface area contributed by atoms with E-state index in [4.69, 9.17) is 0 Å². The van der Waals surface area contributed by atoms with Crippen molar-refractivity contribution in [3.8, 4) is 0 Å². The van der Waals surface area contributed by atoms with E-state index < -0.39 is 26.6 Å². The highest BCUT2D eigenvalue weighted by atomic mass is 32.2. The predicted molar refractivity (Wildman–Crippen MR) is 84.2 cm³/mol. The van der Waals surface area contributed by atoms with Gasteiger partial charge in [0.15, 0.2) is 10.0 Å². The molecule has 1 fully saturated rings. The van der Waals surface area contributed by atoms with E-state index in [1.165, 1.54) is 11.3 Å². The molecule has 9 heteroatoms. The van der Waals surface area contributed by atoms with Crippen LogP contribution in [0.2, 0.25) is 0 Å². The predicted octanol–water partition coefficient (Wildman–Crippen LogP) is 2.24. The summed E-state index contributed by atoms with van der Waals surface area (Å²) in [4.78, 5) is 6.44. The first-order valence-corrected chi connectivity index (χ1v) is 9.27. The second-order valence-electron chi connectivity index (χ2n) is 5.20. The Labute approximate surface area is 137 Å². The highest BCUT2D eigenvalue weighted by Gasteiger charge is 2.33. The van der Waals surface area contributed by atoms with Crippen molar-refractivity contribution < 1.29 is 17.2 Å². The molecule has 2 aromatic rings. The van der Waals surface area contributed by atoms with Crippen molar-refractivity contribution in [2.75, 3.05) is 31.1 Å². The van der Waals surface area contributed by atoms with Crippen LogP contribution in [-0.4, -0.2) is 43.9 Å². The zero-order chi connectivity index (χ0) is 16.6. The number of aryl methyl sites for hydroxylation is 1. The SMILES string of the molecule is Cc1cnc(N2CCN(S(=O)(=O)c3c(F)cccc3F)CC2)s1. The van der Waals surface area contributed by atoms with Crippen LogP contribution in [-0.2, 0) is 10.0 Å². The van der Waals surface area contributed by atoms with Crippen LogP contribution in [0.3, 0.4) is 0 Å². The molecule has 124 valence electrons. The van der Waals surface area contributed by atoms with Gasteiger partial charge >= 0.3 is 0 Å². The Kier molecular flexibility index (Phi) is 4.35. The summed E-state index contributed by atoms with van der Waals surface area (Å²) < 4.78 is 53.7. The van der Waals surface area contributed by atoms with Gasteiger partial charge in [0.05, 0.1) is 0 Å². The maximum atomic E-state index is 13.8. The van der Waals surface area contributed by atoms with E-state index in [2.05, 4.69) is 4.98 Å². The van der Waals surface area contributed by atoms with Crippen molar-refractivity contribution in [1.82, 2.24) is 9.29 Å². The number of anilines is 1. The van der Waals surface area contributed by atoms with Gasteiger partial charge in [0.1, 0.15) is 11.6 Å². The standard InChI is InChI=1S/C14H15F2N3O2S2/c1-10-9-17-14(22-10)18-5-7-19(8-6-18)23(20,21)13-11(15)3-2-4-12(13)16/h2-4,9H,5-8H2,1H3. The first-order valence-electron chi connectivity index (χ1n) is 7.01. The van der Waals surface area contributed by atoms with E-state index in [9.17, 15) is 17.2 Å². The largest absolute Gasteiger partial charge is 0.345 e. The van der Waals surface area contributed by atoms with Gasteiger partial charge in [-0.25, -0.2) is 22.2 Å². The van der Waals surface area contributed by atoms with Crippen LogP contribution in [0.4, 0.5) is 13.9 Å². The van der Waals surface area contributed by atoms with E-state index in [-0.39, 0.29) is 13.1 Å². The number of piperazine rings is 1. The van der Waals surface area contributed by atoms with Gasteiger partial charge in [0.2, 0.25) is 10.0 Å². The first-order chi connectivity index (χ1) is 10.9. The molecule has 0 atom stereocenters. The molecule has 5 nitrogen and oxygen atoms in total. The molecule has 1 saturated heterocycles. The first kappa shape index (κ1) is 16.3. The van der Waals surface area contributed by atoms with Crippen molar-refractivity contribution in [2.24, 2.45) is 0 Å². The number of hydrogen-bond donors (Lipinski definition) is 0. The zero-order valence-electron chi connectivity index (χ0n) is 12.4. The van der Waals surface area contributed by atoms with Gasteiger partial charge in [-0.3, -0.25) is 0 Å². The van der Waals surface area contributed by atoms with Crippen molar-refractivity contribution in [3.05, 3.63) is 40.9 Å². The Morgan fingerprint density at radius 3 is 2.26 bits per heavy atom. The third kappa shape index (κ3) is 3.08. The van der Waals surface area contributed by atoms with Gasteiger partial charge in [-0.1, -0.05) is 6.07 Å². The lowest BCUT2D eigenvalue weighted by Crippen LogP contribution is -2.49. The third-order valence-corrected chi connectivity index (χ3v) is 6.56. The number of hydrogen-bond acceptors (Lipinski definition) is 5. The topological polar surface area (TPSA) is 53.5 Å². The quantitative estimate of drug-likeness (QED) is 0.843. The second-order valence-corrected chi connectivity index (χ2v) is 8.28. The van der Waals surface area contributed by atoms with Crippen LogP contribution in [0.5, 0.6) is 0 Å². The summed E-state index contributed by atoms with van der Waals surface area (Å²) in [7, 11) is -4.18. The average Bonchev–Trinajstić information content (AvgIpc) is 2.93. The number of nitrogens with zero attached hydrogens (tertiary/aromatic N) is 3. The van der Waals surface area contributed by atoms with Crippen LogP contribution in [0.15, 0.2) is 29.3 Å². The molecule has 1 aliphatic heterocycles. The highest BCUT2D eigenvalue weighted by Crippen LogP contribution is 2.26. The molecule has 0 N–H and O–H groups in total. The van der Waals surface area contributed by atoms with Gasteiger partial charge < -0.3 is 4.90 Å². The number of aromatic nitrogens is 1. The van der Waals surface area contributed by atoms with E-state index in [1.807, 2.05) is 11.8 Å². The van der Waals surface area contributed by atoms with Crippen LogP contribution in [0.1, 0.15) is 4.88 Å². The molecule has 0 aliphatic carbocycles. The lowest BCUT2D eigenvalue weighted by molar-refractivity contribution is 0.378. The van der Waals surface area contributed by atoms with Gasteiger partial charge in [-0.05, 0) is 19.1 Å². The molecule has 23 heavy (non-hydrogen) atoms. The summed E-state index contributed by atoms with van der Waals surface area (Å²) in [5, 5.41) is 0.830. The van der Waals surface area contributed by atoms with Gasteiger partial charge in [0.25, 0.3) is 0 Å². The smallest absolute Gasteiger partial charge is 0.249 e. The zero-order valence-corrected chi connectivity index (χ0v) is 14.0. The van der Waals surface area contributed by atoms with E-state index in [0.717, 1.165) is 32.5 Å². The van der Waals surface area contributed by atoms with Crippen LogP contribution in [0, 0.1) is 18.6 Å². The highest BCUT2D eigenvalue weighted by molar-refractivity contribution is 7.89. The summed E-state index contributed by atoms with van der Waals surface area (Å²) in [6.45, 7) is 3.14. The van der Waals surface area contributed by atoms with Crippen molar-refractivity contribution in [2.45, 2.75) is 11.8 Å². The molecule has 0 radical (unpaired) electrons. The molecular formula is C14H15F2N3O2S2. The van der Waals surface area contributed by atoms with E-state index >= 15 is 0 Å². The molecule has 1 aromatic heterocycles. The summed E-state index contributed by atoms with van der Waals surface area (Å²) in [6.07, 6.45) is 1.76. The molecule has 0 bridgehead atoms. The molecule has 1 aliphatic rings. The molecule has 0 saturated carbocycles. The Balaban J connectivity index is 1.79. The molecule has 0 unspecified atom stereocenters. The molecule has 0 amide bonds. The van der Waals surface area contributed by atoms with Crippen molar-refractivity contribution in [3.63, 3.8) is 0 Å². The molecular weight excluding hydrogens is 344 g/mol. The van der Waals surface area contributed by atoms with Crippen LogP contribution >= 0.6 is 11.3 Å². The number of rotatable bonds is 3. The van der Waals surface area contributed by atoms with Crippen molar-refractivity contribution in [1.29, 1.82) is 0 Å². The fraction of sp³-hybridized carbons (Fsp3) is 0.357. The van der Waals surface area contributed by atoms with E-state index in [0.29, 0.717) is 13.1 Å². The third-order valence-electron chi connectivity index (χ3n) is 3.64. The number of benzene rings is 1. The monoisotopic (exact) mass is 359 g/mol. The minimum atomic E-state index is -4.18. The van der Waals surface area contributed by atoms with Crippen LogP contribution in [0.25, 0.3) is 0 Å². The summed E-state index contributed by atoms with van der Waals surface area (Å²) in [6, 6.07) is 3.04. The Hall–Kier alpha value is -1.58. The summed E-state index contributed by atoms with van der Waals surface area (Å²) >= 11 is 1.53. The summed E-state index contributed by atoms with van der Waals surface area (Å²) in [5.74, 6) is -2.13. The number of halogens is 2. The maximum absolute atomic E-state index is 13.8. The minimum Gasteiger partial charge on any atom is -0.345 e. The molecule has 1 aromatic carbocycles. The molecule has 0 spiro atoms. The van der Waals surface area contributed by atoms with E-state index in [1.54, 1.807) is 6.20 Å². The van der Waals surface area contributed by atoms with Crippen molar-refractivity contribution >= 4 is 26.5 Å². The van der Waals surface area contributed by atoms with Gasteiger partial charge in [-0.2, -0.15) is 4.31 Å². The second kappa shape index (κ2) is 6.14. The Bertz CT molecular complexity index is 795. The lowest BCUT2D eigenvalue weighted by Gasteiger charge is -2.33. The fourth-order valence-corrected chi connectivity index (χ4v) is 4.81.